The van der Waals surface area contributed by atoms with E-state index in [1.54, 1.807) is 0 Å². The van der Waals surface area contributed by atoms with Crippen LogP contribution in [0.25, 0.3) is 0 Å². The summed E-state index contributed by atoms with van der Waals surface area (Å²) in [5.74, 6) is 0. The molecule has 0 aliphatic carbocycles. The Morgan fingerprint density at radius 2 is 1.44 bits per heavy atom. The molecule has 0 amide bonds. The molecular formula is C3F5Zn. The van der Waals surface area contributed by atoms with Crippen LogP contribution in [0.15, 0.2) is 10.2 Å². The normalized spacial score (nSPS) is 11.4. The van der Waals surface area contributed by atoms with E-state index < -0.39 is 34.7 Å². The first-order chi connectivity index (χ1) is 3.85. The molecule has 0 spiro atoms. The molecule has 0 atom stereocenters. The molecule has 0 bridgehead atoms. The minimum absolute atomic E-state index is 0.564. The van der Waals surface area contributed by atoms with Gasteiger partial charge in [-0.2, -0.15) is 0 Å². The quantitative estimate of drug-likeness (QED) is 0.412. The van der Waals surface area contributed by atoms with E-state index in [-0.39, 0.29) is 0 Å². The van der Waals surface area contributed by atoms with Gasteiger partial charge in [0.2, 0.25) is 0 Å². The van der Waals surface area contributed by atoms with Crippen LogP contribution >= 0.6 is 0 Å². The van der Waals surface area contributed by atoms with Gasteiger partial charge in [-0.3, -0.25) is 0 Å². The molecule has 0 fully saturated rings. The zero-order chi connectivity index (χ0) is 7.65. The molecule has 0 aliphatic heterocycles. The van der Waals surface area contributed by atoms with Crippen molar-refractivity contribution in [3.05, 3.63) is 10.2 Å². The summed E-state index contributed by atoms with van der Waals surface area (Å²) >= 11 is -0.564. The van der Waals surface area contributed by atoms with E-state index in [0.717, 1.165) is 0 Å². The second-order valence-corrected chi connectivity index (χ2v) is 2.72. The minimum atomic E-state index is -4.83. The molecule has 9 heavy (non-hydrogen) atoms. The summed E-state index contributed by atoms with van der Waals surface area (Å²) < 4.78 is 54.1. The van der Waals surface area contributed by atoms with Crippen LogP contribution < -0.4 is 0 Å². The third kappa shape index (κ3) is 2.89. The van der Waals surface area contributed by atoms with Crippen LogP contribution in [-0.2, 0) is 18.3 Å². The third-order valence-electron chi connectivity index (χ3n) is 0.570. The summed E-state index contributed by atoms with van der Waals surface area (Å²) in [6.07, 6.45) is -7.46. The number of halogens is 5. The van der Waals surface area contributed by atoms with Gasteiger partial charge in [0.1, 0.15) is 0 Å². The first-order valence-electron chi connectivity index (χ1n) is 1.80. The maximum atomic E-state index is 11.2. The van der Waals surface area contributed by atoms with E-state index in [1.165, 1.54) is 0 Å². The topological polar surface area (TPSA) is 0 Å². The number of allylic oxidation sites excluding steroid dienone is 1. The summed E-state index contributed by atoms with van der Waals surface area (Å²) in [6, 6.07) is 0. The molecule has 0 aromatic carbocycles. The van der Waals surface area contributed by atoms with E-state index in [4.69, 9.17) is 0 Å². The van der Waals surface area contributed by atoms with Gasteiger partial charge in [0.15, 0.2) is 0 Å². The van der Waals surface area contributed by atoms with Crippen molar-refractivity contribution >= 4 is 0 Å². The van der Waals surface area contributed by atoms with Crippen LogP contribution in [0.1, 0.15) is 0 Å². The number of alkyl halides is 3. The average Bonchev–Trinajstić information content (AvgIpc) is 1.62. The van der Waals surface area contributed by atoms with Gasteiger partial charge in [0, 0.05) is 0 Å². The molecule has 6 heteroatoms. The molecule has 0 radical (unpaired) electrons. The fourth-order valence-corrected chi connectivity index (χ4v) is 0.107. The van der Waals surface area contributed by atoms with Gasteiger partial charge in [-0.1, -0.05) is 0 Å². The molecule has 0 rings (SSSR count). The van der Waals surface area contributed by atoms with Gasteiger partial charge >= 0.3 is 56.7 Å². The first kappa shape index (κ1) is 9.01. The van der Waals surface area contributed by atoms with Gasteiger partial charge in [-0.05, 0) is 0 Å². The molecule has 0 unspecified atom stereocenters. The van der Waals surface area contributed by atoms with Gasteiger partial charge in [0.05, 0.1) is 0 Å². The van der Waals surface area contributed by atoms with Crippen molar-refractivity contribution in [2.45, 2.75) is 6.18 Å². The molecular weight excluding hydrogens is 196 g/mol. The average molecular weight is 196 g/mol. The Balaban J connectivity index is 4.40. The van der Waals surface area contributed by atoms with E-state index in [2.05, 4.69) is 0 Å². The van der Waals surface area contributed by atoms with Crippen molar-refractivity contribution in [2.75, 3.05) is 0 Å². The molecule has 0 saturated heterocycles. The monoisotopic (exact) mass is 195 g/mol. The number of hydrogen-bond donors (Lipinski definition) is 0. The van der Waals surface area contributed by atoms with Crippen molar-refractivity contribution in [2.24, 2.45) is 0 Å². The second-order valence-electron chi connectivity index (χ2n) is 1.24. The van der Waals surface area contributed by atoms with E-state index in [9.17, 15) is 22.0 Å². The summed E-state index contributed by atoms with van der Waals surface area (Å²) in [4.78, 5) is 0. The molecule has 0 aliphatic rings. The van der Waals surface area contributed by atoms with E-state index in [1.807, 2.05) is 0 Å². The third-order valence-corrected chi connectivity index (χ3v) is 1.97. The second kappa shape index (κ2) is 2.73. The standard InChI is InChI=1S/C3F5.Zn/c4-2(5)1-3(6,7)8;. The summed E-state index contributed by atoms with van der Waals surface area (Å²) in [6.45, 7) is 0. The predicted octanol–water partition coefficient (Wildman–Crippen LogP) is 2.20. The SMILES string of the molecule is FC(F)=[C]([Zn])C(F)(F)F. The first-order valence-corrected chi connectivity index (χ1v) is 3.28. The molecule has 0 nitrogen and oxygen atoms in total. The van der Waals surface area contributed by atoms with Gasteiger partial charge in [0.25, 0.3) is 0 Å². The summed E-state index contributed by atoms with van der Waals surface area (Å²) in [7, 11) is 0. The van der Waals surface area contributed by atoms with Crippen molar-refractivity contribution in [1.82, 2.24) is 0 Å². The zero-order valence-electron chi connectivity index (χ0n) is 4.10. The molecule has 0 N–H and O–H groups in total. The number of rotatable bonds is 0. The Kier molecular flexibility index (Phi) is 2.74. The molecule has 0 aromatic heterocycles. The van der Waals surface area contributed by atoms with E-state index >= 15 is 0 Å². The Labute approximate surface area is 57.4 Å². The molecule has 0 heterocycles. The van der Waals surface area contributed by atoms with Crippen LogP contribution in [0.3, 0.4) is 0 Å². The van der Waals surface area contributed by atoms with Crippen molar-refractivity contribution in [1.29, 1.82) is 0 Å². The van der Waals surface area contributed by atoms with Crippen molar-refractivity contribution in [3.8, 4) is 0 Å². The van der Waals surface area contributed by atoms with E-state index in [0.29, 0.717) is 0 Å². The van der Waals surface area contributed by atoms with Gasteiger partial charge in [-0.25, -0.2) is 0 Å². The van der Waals surface area contributed by atoms with Gasteiger partial charge < -0.3 is 0 Å². The van der Waals surface area contributed by atoms with Crippen LogP contribution in [0.5, 0.6) is 0 Å². The number of hydrogen-bond acceptors (Lipinski definition) is 0. The Morgan fingerprint density at radius 3 is 1.44 bits per heavy atom. The van der Waals surface area contributed by atoms with Crippen molar-refractivity contribution < 1.29 is 40.3 Å². The Bertz CT molecular complexity index is 130. The van der Waals surface area contributed by atoms with Crippen LogP contribution in [0, 0.1) is 0 Å². The Hall–Kier alpha value is 0.0134. The van der Waals surface area contributed by atoms with Crippen LogP contribution in [0.2, 0.25) is 0 Å². The van der Waals surface area contributed by atoms with Crippen LogP contribution in [0.4, 0.5) is 22.0 Å². The fourth-order valence-electron chi connectivity index (χ4n) is 0.107. The van der Waals surface area contributed by atoms with Crippen molar-refractivity contribution in [3.63, 3.8) is 0 Å². The molecule has 0 aromatic rings. The van der Waals surface area contributed by atoms with Crippen LogP contribution in [-0.4, -0.2) is 6.18 Å². The summed E-state index contributed by atoms with van der Waals surface area (Å²) in [5.41, 5.74) is 0. The Morgan fingerprint density at radius 1 is 1.11 bits per heavy atom. The summed E-state index contributed by atoms with van der Waals surface area (Å²) in [5, 5.41) is 0. The maximum absolute atomic E-state index is 11.2. The molecule has 49 valence electrons. The van der Waals surface area contributed by atoms with Gasteiger partial charge in [-0.15, -0.1) is 0 Å². The predicted molar refractivity (Wildman–Crippen MR) is 15.3 cm³/mol. The zero-order valence-corrected chi connectivity index (χ0v) is 7.06. The molecule has 0 saturated carbocycles. The fraction of sp³-hybridized carbons (Fsp3) is 0.333.